The highest BCUT2D eigenvalue weighted by Gasteiger charge is 2.22. The van der Waals surface area contributed by atoms with E-state index >= 15 is 0 Å². The van der Waals surface area contributed by atoms with Crippen LogP contribution in [0.3, 0.4) is 0 Å². The zero-order valence-electron chi connectivity index (χ0n) is 27.3. The Balaban J connectivity index is 1.57. The van der Waals surface area contributed by atoms with Crippen molar-refractivity contribution in [2.45, 2.75) is 65.5 Å². The van der Waals surface area contributed by atoms with Gasteiger partial charge in [-0.05, 0) is 49.3 Å². The molecule has 3 rings (SSSR count). The summed E-state index contributed by atoms with van der Waals surface area (Å²) in [4.78, 5) is 29.5. The molecule has 0 aliphatic rings. The van der Waals surface area contributed by atoms with Crippen LogP contribution in [0.25, 0.3) is 10.4 Å². The van der Waals surface area contributed by atoms with Gasteiger partial charge in [-0.2, -0.15) is 0 Å². The fraction of sp³-hybridized carbons (Fsp3) is 0.395. The molecule has 0 aromatic heterocycles. The summed E-state index contributed by atoms with van der Waals surface area (Å²) in [6, 6.07) is 28.2. The highest BCUT2D eigenvalue weighted by molar-refractivity contribution is 6.06. The summed E-state index contributed by atoms with van der Waals surface area (Å²) >= 11 is 0. The summed E-state index contributed by atoms with van der Waals surface area (Å²) in [6.45, 7) is 18.4. The number of quaternary nitrogens is 1. The predicted octanol–water partition coefficient (Wildman–Crippen LogP) is 7.19. The topological polar surface area (TPSA) is 62.6 Å². The number of amides is 2. The Labute approximate surface area is 264 Å². The number of nitrogens with zero attached hydrogens (tertiary/aromatic N) is 2. The summed E-state index contributed by atoms with van der Waals surface area (Å²) in [5.41, 5.74) is 4.97. The Bertz CT molecular complexity index is 1380. The molecule has 2 unspecified atom stereocenters. The summed E-state index contributed by atoms with van der Waals surface area (Å²) in [6.07, 6.45) is 2.47. The van der Waals surface area contributed by atoms with E-state index in [2.05, 4.69) is 67.7 Å². The van der Waals surface area contributed by atoms with Gasteiger partial charge in [0.15, 0.2) is 0 Å². The second-order valence-electron chi connectivity index (χ2n) is 12.6. The van der Waals surface area contributed by atoms with Crippen LogP contribution < -0.4 is 10.6 Å². The Hall–Kier alpha value is -4.21. The van der Waals surface area contributed by atoms with E-state index in [-0.39, 0.29) is 29.5 Å². The summed E-state index contributed by atoms with van der Waals surface area (Å²) < 4.78 is 0.781. The van der Waals surface area contributed by atoms with E-state index < -0.39 is 0 Å². The van der Waals surface area contributed by atoms with E-state index in [9.17, 15) is 9.59 Å². The lowest BCUT2D eigenvalue weighted by Crippen LogP contribution is -2.41. The molecular weight excluding hydrogens is 544 g/mol. The summed E-state index contributed by atoms with van der Waals surface area (Å²) in [7, 11) is 4.40. The van der Waals surface area contributed by atoms with Crippen molar-refractivity contribution in [3.8, 4) is 0 Å². The molecule has 2 N–H and O–H groups in total. The predicted molar refractivity (Wildman–Crippen MR) is 180 cm³/mol. The minimum Gasteiger partial charge on any atom is -0.361 e. The molecule has 2 atom stereocenters. The highest BCUT2D eigenvalue weighted by Crippen LogP contribution is 2.28. The van der Waals surface area contributed by atoms with Crippen LogP contribution in [0, 0.1) is 12.5 Å². The fourth-order valence-corrected chi connectivity index (χ4v) is 5.61. The maximum Gasteiger partial charge on any atom is 0.258 e. The van der Waals surface area contributed by atoms with Gasteiger partial charge in [-0.15, -0.1) is 0 Å². The van der Waals surface area contributed by atoms with Gasteiger partial charge in [0.05, 0.1) is 27.2 Å². The third kappa shape index (κ3) is 10.2. The van der Waals surface area contributed by atoms with Crippen LogP contribution in [0.4, 0.5) is 0 Å². The molecule has 232 valence electrons. The number of hydrogen-bond acceptors (Lipinski definition) is 2. The number of carbonyl (C=O) groups excluding carboxylic acids is 2. The van der Waals surface area contributed by atoms with Crippen LogP contribution in [-0.4, -0.2) is 49.5 Å². The first-order valence-corrected chi connectivity index (χ1v) is 15.8. The van der Waals surface area contributed by atoms with Crippen molar-refractivity contribution in [2.75, 3.05) is 27.2 Å². The van der Waals surface area contributed by atoms with Crippen LogP contribution in [0.1, 0.15) is 75.1 Å². The molecule has 3 aromatic carbocycles. The molecule has 6 heteroatoms. The van der Waals surface area contributed by atoms with E-state index in [4.69, 9.17) is 6.57 Å². The molecule has 44 heavy (non-hydrogen) atoms. The third-order valence-electron chi connectivity index (χ3n) is 8.01. The van der Waals surface area contributed by atoms with E-state index in [1.54, 1.807) is 0 Å². The van der Waals surface area contributed by atoms with E-state index in [0.717, 1.165) is 48.0 Å². The number of rotatable bonds is 15. The third-order valence-corrected chi connectivity index (χ3v) is 8.01. The van der Waals surface area contributed by atoms with Gasteiger partial charge in [0.2, 0.25) is 5.91 Å². The van der Waals surface area contributed by atoms with E-state index in [1.165, 1.54) is 11.1 Å². The molecule has 0 heterocycles. The maximum absolute atomic E-state index is 13.2. The number of carbonyl (C=O) groups is 2. The van der Waals surface area contributed by atoms with Crippen LogP contribution in [0.15, 0.2) is 90.6 Å². The van der Waals surface area contributed by atoms with Gasteiger partial charge in [-0.1, -0.05) is 98.8 Å². The maximum atomic E-state index is 13.2. The molecule has 0 saturated carbocycles. The first-order valence-electron chi connectivity index (χ1n) is 15.8. The molecular formula is C38H49N4O2+. The van der Waals surface area contributed by atoms with Gasteiger partial charge in [0, 0.05) is 36.1 Å². The van der Waals surface area contributed by atoms with Gasteiger partial charge in [0.1, 0.15) is 6.54 Å². The van der Waals surface area contributed by atoms with Gasteiger partial charge < -0.3 is 15.1 Å². The van der Waals surface area contributed by atoms with Crippen molar-refractivity contribution in [1.82, 2.24) is 10.6 Å². The normalized spacial score (nSPS) is 12.6. The smallest absolute Gasteiger partial charge is 0.258 e. The quantitative estimate of drug-likeness (QED) is 0.0848. The van der Waals surface area contributed by atoms with Gasteiger partial charge >= 0.3 is 0 Å². The summed E-state index contributed by atoms with van der Waals surface area (Å²) in [5.74, 6) is 0.129. The molecule has 0 spiro atoms. The molecule has 0 saturated heterocycles. The lowest BCUT2D eigenvalue weighted by Gasteiger charge is -2.30. The van der Waals surface area contributed by atoms with Crippen molar-refractivity contribution >= 4 is 17.4 Å². The van der Waals surface area contributed by atoms with Crippen molar-refractivity contribution in [1.29, 1.82) is 0 Å². The lowest BCUT2D eigenvalue weighted by atomic mass is 9.88. The molecule has 0 bridgehead atoms. The minimum absolute atomic E-state index is 0.0211. The molecule has 0 radical (unpaired) electrons. The second-order valence-corrected chi connectivity index (χ2v) is 12.6. The minimum atomic E-state index is -0.343. The Morgan fingerprint density at radius 2 is 1.43 bits per heavy atom. The van der Waals surface area contributed by atoms with Crippen LogP contribution in [-0.2, 0) is 16.1 Å². The first-order chi connectivity index (χ1) is 21.0. The molecule has 0 aliphatic carbocycles. The summed E-state index contributed by atoms with van der Waals surface area (Å²) in [5, 5.41) is 6.06. The van der Waals surface area contributed by atoms with Crippen LogP contribution in [0.5, 0.6) is 0 Å². The second kappa shape index (κ2) is 16.6. The molecule has 3 aromatic rings. The zero-order chi connectivity index (χ0) is 32.1. The average molecular weight is 594 g/mol. The van der Waals surface area contributed by atoms with Crippen LogP contribution in [0.2, 0.25) is 0 Å². The van der Waals surface area contributed by atoms with E-state index in [0.29, 0.717) is 18.0 Å². The number of benzene rings is 3. The SMILES string of the molecule is [C-]#[N+]C(C(=O)NCCC[N+](C)(C)Cc1ccc(C(C)CC(CC)C(=O)NC(C)C)cc1)=C(c1ccccc1)c1ccccc1. The van der Waals surface area contributed by atoms with Crippen molar-refractivity contribution in [3.05, 3.63) is 124 Å². The van der Waals surface area contributed by atoms with Gasteiger partial charge in [0.25, 0.3) is 11.6 Å². The Kier molecular flexibility index (Phi) is 12.9. The van der Waals surface area contributed by atoms with Gasteiger partial charge in [-0.25, -0.2) is 4.85 Å². The Morgan fingerprint density at radius 1 is 0.864 bits per heavy atom. The van der Waals surface area contributed by atoms with Crippen LogP contribution >= 0.6 is 0 Å². The average Bonchev–Trinajstić information content (AvgIpc) is 3.01. The van der Waals surface area contributed by atoms with Gasteiger partial charge in [-0.3, -0.25) is 9.59 Å². The number of hydrogen-bond donors (Lipinski definition) is 2. The largest absolute Gasteiger partial charge is 0.361 e. The lowest BCUT2D eigenvalue weighted by molar-refractivity contribution is -0.903. The standard InChI is InChI=1S/C38H48N4O2/c1-8-31(37(43)41-28(2)3)26-29(4)32-22-20-30(21-23-32)27-42(6,7)25-15-24-40-38(44)36(39-5)35(33-16-11-9-12-17-33)34-18-13-10-14-19-34/h9-14,16-23,28-29,31H,8,15,24-27H2,1-4,6-7H3,(H-,40,41,43,44)/p+1. The zero-order valence-corrected chi connectivity index (χ0v) is 27.3. The monoisotopic (exact) mass is 593 g/mol. The van der Waals surface area contributed by atoms with Crippen molar-refractivity contribution in [3.63, 3.8) is 0 Å². The van der Waals surface area contributed by atoms with E-state index in [1.807, 2.05) is 74.5 Å². The Morgan fingerprint density at radius 3 is 1.93 bits per heavy atom. The molecule has 6 nitrogen and oxygen atoms in total. The molecule has 0 aliphatic heterocycles. The first kappa shape index (κ1) is 34.3. The van der Waals surface area contributed by atoms with Crippen molar-refractivity contribution in [2.24, 2.45) is 5.92 Å². The van der Waals surface area contributed by atoms with Crippen molar-refractivity contribution < 1.29 is 14.1 Å². The highest BCUT2D eigenvalue weighted by atomic mass is 16.2. The molecule has 2 amide bonds. The fourth-order valence-electron chi connectivity index (χ4n) is 5.61. The molecule has 0 fully saturated rings. The number of nitrogens with one attached hydrogen (secondary N) is 2.